The fourth-order valence-corrected chi connectivity index (χ4v) is 4.54. The van der Waals surface area contributed by atoms with Gasteiger partial charge in [0.25, 0.3) is 5.91 Å². The normalized spacial score (nSPS) is 13.2. The number of hydrogen-bond donors (Lipinski definition) is 3. The number of rotatable bonds is 10. The van der Waals surface area contributed by atoms with Crippen molar-refractivity contribution >= 4 is 35.6 Å². The van der Waals surface area contributed by atoms with Crippen LogP contribution in [0.2, 0.25) is 0 Å². The number of nitrogens with one attached hydrogen (secondary N) is 3. The average molecular weight is 587 g/mol. The van der Waals surface area contributed by atoms with Crippen LogP contribution in [0.5, 0.6) is 17.2 Å². The van der Waals surface area contributed by atoms with Crippen LogP contribution >= 0.6 is 0 Å². The van der Waals surface area contributed by atoms with E-state index < -0.39 is 17.8 Å². The zero-order valence-corrected chi connectivity index (χ0v) is 24.1. The third-order valence-corrected chi connectivity index (χ3v) is 6.74. The SMILES string of the molecule is CCOc1cc(/C=N\NC(=O)C(=O)Nc2ccccc2C(=O)NC2CCCCC2)ccc1OC(=O)c1ccc(OC)cc1. The van der Waals surface area contributed by atoms with Crippen LogP contribution in [0.15, 0.2) is 71.8 Å². The predicted molar refractivity (Wildman–Crippen MR) is 161 cm³/mol. The number of hydrazone groups is 1. The second kappa shape index (κ2) is 15.2. The van der Waals surface area contributed by atoms with E-state index in [0.717, 1.165) is 32.1 Å². The van der Waals surface area contributed by atoms with Crippen molar-refractivity contribution in [2.75, 3.05) is 19.0 Å². The van der Waals surface area contributed by atoms with Gasteiger partial charge >= 0.3 is 17.8 Å². The fourth-order valence-electron chi connectivity index (χ4n) is 4.54. The molecule has 3 aromatic carbocycles. The lowest BCUT2D eigenvalue weighted by atomic mass is 9.95. The number of anilines is 1. The summed E-state index contributed by atoms with van der Waals surface area (Å²) in [6.45, 7) is 2.09. The highest BCUT2D eigenvalue weighted by molar-refractivity contribution is 6.40. The third kappa shape index (κ3) is 8.65. The maximum absolute atomic E-state index is 12.8. The number of benzene rings is 3. The van der Waals surface area contributed by atoms with E-state index >= 15 is 0 Å². The minimum Gasteiger partial charge on any atom is -0.497 e. The number of esters is 1. The molecule has 11 heteroatoms. The van der Waals surface area contributed by atoms with Gasteiger partial charge in [0.05, 0.1) is 36.7 Å². The van der Waals surface area contributed by atoms with Crippen LogP contribution in [0.3, 0.4) is 0 Å². The molecule has 0 aromatic heterocycles. The predicted octanol–water partition coefficient (Wildman–Crippen LogP) is 4.46. The molecule has 0 heterocycles. The lowest BCUT2D eigenvalue weighted by molar-refractivity contribution is -0.136. The van der Waals surface area contributed by atoms with Gasteiger partial charge in [-0.1, -0.05) is 31.4 Å². The molecule has 1 aliphatic rings. The summed E-state index contributed by atoms with van der Waals surface area (Å²) in [6.07, 6.45) is 6.46. The van der Waals surface area contributed by atoms with Gasteiger partial charge in [0.2, 0.25) is 0 Å². The first-order valence-corrected chi connectivity index (χ1v) is 14.0. The molecule has 3 aromatic rings. The number of ether oxygens (including phenoxy) is 3. The smallest absolute Gasteiger partial charge is 0.343 e. The largest absolute Gasteiger partial charge is 0.497 e. The van der Waals surface area contributed by atoms with Gasteiger partial charge in [-0.15, -0.1) is 0 Å². The summed E-state index contributed by atoms with van der Waals surface area (Å²) >= 11 is 0. The summed E-state index contributed by atoms with van der Waals surface area (Å²) in [6, 6.07) is 17.8. The Hall–Kier alpha value is -5.19. The molecule has 3 N–H and O–H groups in total. The van der Waals surface area contributed by atoms with Gasteiger partial charge in [-0.3, -0.25) is 14.4 Å². The van der Waals surface area contributed by atoms with Gasteiger partial charge in [-0.2, -0.15) is 5.10 Å². The van der Waals surface area contributed by atoms with Crippen molar-refractivity contribution in [1.82, 2.24) is 10.7 Å². The first-order valence-electron chi connectivity index (χ1n) is 14.0. The molecule has 0 unspecified atom stereocenters. The number of methoxy groups -OCH3 is 1. The van der Waals surface area contributed by atoms with E-state index in [2.05, 4.69) is 21.2 Å². The van der Waals surface area contributed by atoms with Crippen LogP contribution in [-0.2, 0) is 9.59 Å². The quantitative estimate of drug-likeness (QED) is 0.105. The van der Waals surface area contributed by atoms with E-state index in [1.807, 2.05) is 0 Å². The molecular weight excluding hydrogens is 552 g/mol. The van der Waals surface area contributed by atoms with Gasteiger partial charge in [0.1, 0.15) is 5.75 Å². The Balaban J connectivity index is 1.35. The lowest BCUT2D eigenvalue weighted by Crippen LogP contribution is -2.37. The fraction of sp³-hybridized carbons (Fsp3) is 0.281. The van der Waals surface area contributed by atoms with Crippen molar-refractivity contribution < 1.29 is 33.4 Å². The van der Waals surface area contributed by atoms with Crippen molar-refractivity contribution in [2.24, 2.45) is 5.10 Å². The summed E-state index contributed by atoms with van der Waals surface area (Å²) < 4.78 is 16.2. The maximum Gasteiger partial charge on any atom is 0.343 e. The molecule has 1 fully saturated rings. The average Bonchev–Trinajstić information content (AvgIpc) is 3.03. The number of carbonyl (C=O) groups excluding carboxylic acids is 4. The molecule has 0 aliphatic heterocycles. The van der Waals surface area contributed by atoms with Crippen molar-refractivity contribution in [3.05, 3.63) is 83.4 Å². The Morgan fingerprint density at radius 2 is 1.65 bits per heavy atom. The van der Waals surface area contributed by atoms with Crippen molar-refractivity contribution in [1.29, 1.82) is 0 Å². The second-order valence-corrected chi connectivity index (χ2v) is 9.76. The maximum atomic E-state index is 12.8. The number of carbonyl (C=O) groups is 4. The Morgan fingerprint density at radius 1 is 0.907 bits per heavy atom. The molecule has 43 heavy (non-hydrogen) atoms. The molecule has 4 rings (SSSR count). The highest BCUT2D eigenvalue weighted by Crippen LogP contribution is 2.29. The van der Waals surface area contributed by atoms with E-state index in [1.54, 1.807) is 67.6 Å². The van der Waals surface area contributed by atoms with Crippen molar-refractivity contribution in [2.45, 2.75) is 45.1 Å². The highest BCUT2D eigenvalue weighted by Gasteiger charge is 2.21. The monoisotopic (exact) mass is 586 g/mol. The number of para-hydroxylation sites is 1. The van der Waals surface area contributed by atoms with Crippen LogP contribution in [0.1, 0.15) is 65.3 Å². The van der Waals surface area contributed by atoms with Crippen LogP contribution in [0, 0.1) is 0 Å². The molecule has 0 spiro atoms. The Bertz CT molecular complexity index is 1480. The zero-order valence-electron chi connectivity index (χ0n) is 24.1. The van der Waals surface area contributed by atoms with Gasteiger partial charge in [-0.05, 0) is 79.9 Å². The van der Waals surface area contributed by atoms with Crippen LogP contribution < -0.4 is 30.3 Å². The first kappa shape index (κ1) is 30.8. The van der Waals surface area contributed by atoms with E-state index in [0.29, 0.717) is 29.2 Å². The number of hydrogen-bond acceptors (Lipinski definition) is 8. The number of nitrogens with zero attached hydrogens (tertiary/aromatic N) is 1. The van der Waals surface area contributed by atoms with E-state index in [-0.39, 0.29) is 28.9 Å². The first-order chi connectivity index (χ1) is 20.9. The summed E-state index contributed by atoms with van der Waals surface area (Å²) in [4.78, 5) is 50.4. The Kier molecular flexibility index (Phi) is 10.8. The Labute approximate surface area is 249 Å². The van der Waals surface area contributed by atoms with Gasteiger partial charge in [0, 0.05) is 6.04 Å². The minimum absolute atomic E-state index is 0.0977. The summed E-state index contributed by atoms with van der Waals surface area (Å²) in [5, 5.41) is 9.36. The van der Waals surface area contributed by atoms with Crippen LogP contribution in [-0.4, -0.2) is 49.7 Å². The summed E-state index contributed by atoms with van der Waals surface area (Å²) in [5.74, 6) is -1.77. The third-order valence-electron chi connectivity index (χ3n) is 6.74. The van der Waals surface area contributed by atoms with Crippen LogP contribution in [0.4, 0.5) is 5.69 Å². The van der Waals surface area contributed by atoms with Gasteiger partial charge in [-0.25, -0.2) is 10.2 Å². The molecule has 1 saturated carbocycles. The van der Waals surface area contributed by atoms with Crippen molar-refractivity contribution in [3.8, 4) is 17.2 Å². The van der Waals surface area contributed by atoms with Crippen molar-refractivity contribution in [3.63, 3.8) is 0 Å². The molecular formula is C32H34N4O7. The van der Waals surface area contributed by atoms with E-state index in [1.165, 1.54) is 19.4 Å². The lowest BCUT2D eigenvalue weighted by Gasteiger charge is -2.23. The highest BCUT2D eigenvalue weighted by atomic mass is 16.6. The van der Waals surface area contributed by atoms with Gasteiger partial charge in [0.15, 0.2) is 11.5 Å². The molecule has 0 atom stereocenters. The molecule has 0 radical (unpaired) electrons. The molecule has 3 amide bonds. The number of amides is 3. The summed E-state index contributed by atoms with van der Waals surface area (Å²) in [7, 11) is 1.53. The van der Waals surface area contributed by atoms with E-state index in [9.17, 15) is 19.2 Å². The van der Waals surface area contributed by atoms with E-state index in [4.69, 9.17) is 14.2 Å². The summed E-state index contributed by atoms with van der Waals surface area (Å²) in [5.41, 5.74) is 3.52. The second-order valence-electron chi connectivity index (χ2n) is 9.76. The Morgan fingerprint density at radius 3 is 2.37 bits per heavy atom. The zero-order chi connectivity index (χ0) is 30.6. The van der Waals surface area contributed by atoms with Gasteiger partial charge < -0.3 is 24.8 Å². The topological polar surface area (TPSA) is 144 Å². The standard InChI is InChI=1S/C32H34N4O7/c1-3-42-28-19-21(13-18-27(28)43-32(40)22-14-16-24(41-2)17-15-22)20-33-36-31(39)30(38)35-26-12-8-7-11-25(26)29(37)34-23-9-5-4-6-10-23/h7-8,11-20,23H,3-6,9-10H2,1-2H3,(H,34,37)(H,35,38)(H,36,39)/b33-20-. The molecule has 0 saturated heterocycles. The molecule has 0 bridgehead atoms. The molecule has 11 nitrogen and oxygen atoms in total. The molecule has 224 valence electrons. The molecule has 1 aliphatic carbocycles. The van der Waals surface area contributed by atoms with Crippen LogP contribution in [0.25, 0.3) is 0 Å². The minimum atomic E-state index is -1.02.